The molecule has 0 saturated heterocycles. The van der Waals surface area contributed by atoms with Gasteiger partial charge in [-0.25, -0.2) is 0 Å². The maximum absolute atomic E-state index is 12.3. The van der Waals surface area contributed by atoms with Gasteiger partial charge in [0.2, 0.25) is 5.91 Å². The average molecular weight is 337 g/mol. The molecular formula is C19H23N5O. The second kappa shape index (κ2) is 5.58. The molecule has 3 aliphatic rings. The minimum absolute atomic E-state index is 0.0624. The van der Waals surface area contributed by atoms with Crippen LogP contribution < -0.4 is 10.2 Å². The first kappa shape index (κ1) is 14.9. The van der Waals surface area contributed by atoms with Crippen molar-refractivity contribution in [3.63, 3.8) is 0 Å². The molecule has 5 rings (SSSR count). The van der Waals surface area contributed by atoms with E-state index in [0.717, 1.165) is 17.2 Å². The predicted octanol–water partition coefficient (Wildman–Crippen LogP) is 3.09. The zero-order valence-electron chi connectivity index (χ0n) is 14.5. The number of carbonyl (C=O) groups is 1. The van der Waals surface area contributed by atoms with E-state index in [1.165, 1.54) is 31.5 Å². The Kier molecular flexibility index (Phi) is 3.33. The molecule has 2 aliphatic carbocycles. The number of aromatic nitrogens is 3. The van der Waals surface area contributed by atoms with Gasteiger partial charge in [0.1, 0.15) is 5.82 Å². The molecule has 130 valence electrons. The second-order valence-electron chi connectivity index (χ2n) is 7.64. The van der Waals surface area contributed by atoms with Crippen LogP contribution in [0, 0.1) is 5.92 Å². The molecule has 1 N–H and O–H groups in total. The minimum Gasteiger partial charge on any atom is -0.362 e. The summed E-state index contributed by atoms with van der Waals surface area (Å²) in [7, 11) is 0. The van der Waals surface area contributed by atoms with Crippen molar-refractivity contribution in [3.8, 4) is 0 Å². The smallest absolute Gasteiger partial charge is 0.229 e. The van der Waals surface area contributed by atoms with Gasteiger partial charge in [-0.05, 0) is 37.8 Å². The zero-order valence-corrected chi connectivity index (χ0v) is 14.5. The van der Waals surface area contributed by atoms with Crippen LogP contribution in [0.15, 0.2) is 24.3 Å². The van der Waals surface area contributed by atoms with Crippen LogP contribution in [0.4, 0.5) is 11.4 Å². The van der Waals surface area contributed by atoms with Gasteiger partial charge < -0.3 is 14.8 Å². The van der Waals surface area contributed by atoms with Gasteiger partial charge in [0.15, 0.2) is 5.82 Å². The second-order valence-corrected chi connectivity index (χ2v) is 7.64. The fourth-order valence-corrected chi connectivity index (χ4v) is 3.74. The molecule has 2 aromatic rings. The number of amides is 1. The van der Waals surface area contributed by atoms with E-state index in [2.05, 4.69) is 31.0 Å². The van der Waals surface area contributed by atoms with E-state index >= 15 is 0 Å². The molecule has 1 aromatic heterocycles. The van der Waals surface area contributed by atoms with E-state index in [1.807, 2.05) is 25.1 Å². The van der Waals surface area contributed by atoms with E-state index in [-0.39, 0.29) is 11.8 Å². The highest BCUT2D eigenvalue weighted by molar-refractivity contribution is 5.97. The average Bonchev–Trinajstić information content (AvgIpc) is 3.52. The highest BCUT2D eigenvalue weighted by Crippen LogP contribution is 2.45. The number of anilines is 2. The Balaban J connectivity index is 1.50. The molecule has 2 saturated carbocycles. The molecule has 1 aromatic carbocycles. The molecule has 6 heteroatoms. The topological polar surface area (TPSA) is 63.1 Å². The summed E-state index contributed by atoms with van der Waals surface area (Å²) >= 11 is 0. The van der Waals surface area contributed by atoms with E-state index in [0.29, 0.717) is 25.0 Å². The van der Waals surface area contributed by atoms with Crippen LogP contribution in [0.1, 0.15) is 56.2 Å². The largest absolute Gasteiger partial charge is 0.362 e. The summed E-state index contributed by atoms with van der Waals surface area (Å²) < 4.78 is 2.39. The Labute approximate surface area is 147 Å². The van der Waals surface area contributed by atoms with Gasteiger partial charge in [-0.15, -0.1) is 10.2 Å². The summed E-state index contributed by atoms with van der Waals surface area (Å²) in [6.07, 6.45) is 4.95. The number of nitrogens with one attached hydrogen (secondary N) is 1. The quantitative estimate of drug-likeness (QED) is 0.931. The monoisotopic (exact) mass is 337 g/mol. The van der Waals surface area contributed by atoms with Crippen LogP contribution >= 0.6 is 0 Å². The number of fused-ring (bicyclic) bond motifs is 1. The number of hydrogen-bond acceptors (Lipinski definition) is 4. The van der Waals surface area contributed by atoms with Gasteiger partial charge in [-0.2, -0.15) is 0 Å². The maximum atomic E-state index is 12.3. The lowest BCUT2D eigenvalue weighted by atomic mass is 10.1. The van der Waals surface area contributed by atoms with E-state index in [9.17, 15) is 4.79 Å². The number of nitrogens with zero attached hydrogens (tertiary/aromatic N) is 4. The van der Waals surface area contributed by atoms with Crippen molar-refractivity contribution in [2.24, 2.45) is 5.92 Å². The predicted molar refractivity (Wildman–Crippen MR) is 95.6 cm³/mol. The van der Waals surface area contributed by atoms with Gasteiger partial charge in [-0.1, -0.05) is 19.1 Å². The summed E-state index contributed by atoms with van der Waals surface area (Å²) in [4.78, 5) is 14.6. The van der Waals surface area contributed by atoms with Crippen LogP contribution in [-0.4, -0.2) is 27.2 Å². The Morgan fingerprint density at radius 1 is 1.16 bits per heavy atom. The van der Waals surface area contributed by atoms with Gasteiger partial charge in [0, 0.05) is 18.5 Å². The molecular weight excluding hydrogens is 314 g/mol. The van der Waals surface area contributed by atoms with Crippen molar-refractivity contribution in [2.45, 2.75) is 51.1 Å². The number of benzene rings is 1. The number of carbonyl (C=O) groups excluding carboxylic acids is 1. The van der Waals surface area contributed by atoms with Crippen molar-refractivity contribution in [2.75, 3.05) is 16.8 Å². The third-order valence-corrected chi connectivity index (χ3v) is 5.42. The lowest BCUT2D eigenvalue weighted by Crippen LogP contribution is -2.31. The first-order valence-electron chi connectivity index (χ1n) is 9.29. The summed E-state index contributed by atoms with van der Waals surface area (Å²) in [5.41, 5.74) is 1.95. The zero-order chi connectivity index (χ0) is 17.0. The van der Waals surface area contributed by atoms with Crippen molar-refractivity contribution in [1.29, 1.82) is 0 Å². The minimum atomic E-state index is -0.0624. The summed E-state index contributed by atoms with van der Waals surface area (Å²) in [6, 6.07) is 8.62. The number of hydrogen-bond donors (Lipinski definition) is 1. The van der Waals surface area contributed by atoms with Crippen LogP contribution in [0.25, 0.3) is 0 Å². The Morgan fingerprint density at radius 3 is 2.72 bits per heavy atom. The normalized spacial score (nSPS) is 23.2. The standard InChI is InChI=1S/C19H23N5O/c1-12-10-23(16-5-3-2-4-15(16)20-19(12)25)11-17-21-22-18(13-6-7-13)24(17)14-8-9-14/h2-5,12-14H,6-11H2,1H3,(H,20,25). The van der Waals surface area contributed by atoms with Gasteiger partial charge in [0.05, 0.1) is 23.8 Å². The van der Waals surface area contributed by atoms with E-state index in [4.69, 9.17) is 0 Å². The lowest BCUT2D eigenvalue weighted by Gasteiger charge is -2.25. The first-order chi connectivity index (χ1) is 12.2. The highest BCUT2D eigenvalue weighted by Gasteiger charge is 2.37. The maximum Gasteiger partial charge on any atom is 0.229 e. The van der Waals surface area contributed by atoms with Gasteiger partial charge >= 0.3 is 0 Å². The molecule has 1 amide bonds. The van der Waals surface area contributed by atoms with E-state index in [1.54, 1.807) is 0 Å². The Bertz CT molecular complexity index is 821. The molecule has 2 heterocycles. The fourth-order valence-electron chi connectivity index (χ4n) is 3.74. The molecule has 0 radical (unpaired) electrons. The third-order valence-electron chi connectivity index (χ3n) is 5.42. The van der Waals surface area contributed by atoms with Crippen molar-refractivity contribution >= 4 is 17.3 Å². The van der Waals surface area contributed by atoms with E-state index < -0.39 is 0 Å². The number of para-hydroxylation sites is 2. The fraction of sp³-hybridized carbons (Fsp3) is 0.526. The molecule has 1 atom stereocenters. The number of rotatable bonds is 4. The van der Waals surface area contributed by atoms with Crippen LogP contribution in [0.3, 0.4) is 0 Å². The molecule has 1 unspecified atom stereocenters. The lowest BCUT2D eigenvalue weighted by molar-refractivity contribution is -0.119. The van der Waals surface area contributed by atoms with Crippen molar-refractivity contribution in [3.05, 3.63) is 35.9 Å². The molecule has 2 fully saturated rings. The summed E-state index contributed by atoms with van der Waals surface area (Å²) in [5.74, 6) is 2.86. The van der Waals surface area contributed by atoms with Crippen molar-refractivity contribution < 1.29 is 4.79 Å². The van der Waals surface area contributed by atoms with Crippen LogP contribution in [-0.2, 0) is 11.3 Å². The Morgan fingerprint density at radius 2 is 1.96 bits per heavy atom. The molecule has 0 bridgehead atoms. The SMILES string of the molecule is CC1CN(Cc2nnc(C3CC3)n2C2CC2)c2ccccc2NC1=O. The highest BCUT2D eigenvalue weighted by atomic mass is 16.1. The van der Waals surface area contributed by atoms with Crippen LogP contribution in [0.2, 0.25) is 0 Å². The molecule has 25 heavy (non-hydrogen) atoms. The van der Waals surface area contributed by atoms with Gasteiger partial charge in [0.25, 0.3) is 0 Å². The first-order valence-corrected chi connectivity index (χ1v) is 9.29. The molecule has 6 nitrogen and oxygen atoms in total. The third kappa shape index (κ3) is 2.69. The summed E-state index contributed by atoms with van der Waals surface area (Å²) in [6.45, 7) is 3.38. The van der Waals surface area contributed by atoms with Crippen molar-refractivity contribution in [1.82, 2.24) is 14.8 Å². The van der Waals surface area contributed by atoms with Gasteiger partial charge in [-0.3, -0.25) is 4.79 Å². The Hall–Kier alpha value is -2.37. The molecule has 0 spiro atoms. The summed E-state index contributed by atoms with van der Waals surface area (Å²) in [5, 5.41) is 12.1. The van der Waals surface area contributed by atoms with Crippen LogP contribution in [0.5, 0.6) is 0 Å². The molecule has 1 aliphatic heterocycles.